The van der Waals surface area contributed by atoms with Crippen LogP contribution in [0.3, 0.4) is 0 Å². The van der Waals surface area contributed by atoms with Crippen molar-refractivity contribution in [2.75, 3.05) is 6.61 Å². The Balaban J connectivity index is 1.36. The standard InChI is InChI=1S/C25H21F3N4O2/c1-16(21-11-10-19(13-29-21)34-14-25(26,27)28)32-23(33)12-17-6-8-18(9-7-17)24-20-4-2-3-5-22(20)30-15-31-24/h2-11,13,15-16H,12,14H2,1H3,(H,32,33)/t16-/m1/s1. The van der Waals surface area contributed by atoms with Crippen LogP contribution in [0.1, 0.15) is 24.2 Å². The van der Waals surface area contributed by atoms with Crippen LogP contribution < -0.4 is 10.1 Å². The molecule has 0 saturated carbocycles. The third kappa shape index (κ3) is 5.86. The SMILES string of the molecule is C[C@@H](NC(=O)Cc1ccc(-c2ncnc3ccccc23)cc1)c1ccc(OCC(F)(F)F)cn1. The minimum absolute atomic E-state index is 0.0103. The largest absolute Gasteiger partial charge is 0.483 e. The first kappa shape index (κ1) is 23.2. The molecule has 0 aliphatic carbocycles. The molecule has 1 atom stereocenters. The highest BCUT2D eigenvalue weighted by molar-refractivity contribution is 5.92. The molecule has 0 saturated heterocycles. The fourth-order valence-electron chi connectivity index (χ4n) is 3.47. The summed E-state index contributed by atoms with van der Waals surface area (Å²) in [7, 11) is 0. The predicted molar refractivity (Wildman–Crippen MR) is 121 cm³/mol. The van der Waals surface area contributed by atoms with E-state index >= 15 is 0 Å². The molecule has 0 radical (unpaired) electrons. The van der Waals surface area contributed by atoms with Crippen molar-refractivity contribution < 1.29 is 22.7 Å². The summed E-state index contributed by atoms with van der Waals surface area (Å²) < 4.78 is 41.4. The molecule has 0 spiro atoms. The molecule has 1 N–H and O–H groups in total. The quantitative estimate of drug-likeness (QED) is 0.412. The van der Waals surface area contributed by atoms with Crippen LogP contribution in [0.2, 0.25) is 0 Å². The van der Waals surface area contributed by atoms with Gasteiger partial charge in [0.15, 0.2) is 6.61 Å². The van der Waals surface area contributed by atoms with E-state index in [4.69, 9.17) is 0 Å². The highest BCUT2D eigenvalue weighted by Crippen LogP contribution is 2.25. The second-order valence-electron chi connectivity index (χ2n) is 7.72. The highest BCUT2D eigenvalue weighted by Gasteiger charge is 2.28. The van der Waals surface area contributed by atoms with Gasteiger partial charge >= 0.3 is 6.18 Å². The number of hydrogen-bond donors (Lipinski definition) is 1. The maximum Gasteiger partial charge on any atom is 0.422 e. The van der Waals surface area contributed by atoms with Crippen molar-refractivity contribution >= 4 is 16.8 Å². The minimum Gasteiger partial charge on any atom is -0.483 e. The Labute approximate surface area is 193 Å². The maximum atomic E-state index is 12.5. The van der Waals surface area contributed by atoms with Gasteiger partial charge in [-0.3, -0.25) is 9.78 Å². The van der Waals surface area contributed by atoms with Crippen molar-refractivity contribution in [2.45, 2.75) is 25.6 Å². The second kappa shape index (κ2) is 9.86. The minimum atomic E-state index is -4.42. The van der Waals surface area contributed by atoms with Crippen molar-refractivity contribution in [1.82, 2.24) is 20.3 Å². The van der Waals surface area contributed by atoms with Gasteiger partial charge < -0.3 is 10.1 Å². The summed E-state index contributed by atoms with van der Waals surface area (Å²) in [5.74, 6) is -0.192. The van der Waals surface area contributed by atoms with Crippen molar-refractivity contribution in [3.8, 4) is 17.0 Å². The van der Waals surface area contributed by atoms with Gasteiger partial charge in [0, 0.05) is 10.9 Å². The summed E-state index contributed by atoms with van der Waals surface area (Å²) >= 11 is 0. The maximum absolute atomic E-state index is 12.5. The van der Waals surface area contributed by atoms with Gasteiger partial charge in [0.1, 0.15) is 12.1 Å². The van der Waals surface area contributed by atoms with Gasteiger partial charge in [-0.05, 0) is 30.7 Å². The van der Waals surface area contributed by atoms with Crippen LogP contribution in [-0.2, 0) is 11.2 Å². The molecule has 4 aromatic rings. The molecular weight excluding hydrogens is 445 g/mol. The Morgan fingerprint density at radius 2 is 1.76 bits per heavy atom. The highest BCUT2D eigenvalue weighted by atomic mass is 19.4. The Morgan fingerprint density at radius 3 is 2.47 bits per heavy atom. The van der Waals surface area contributed by atoms with E-state index < -0.39 is 18.8 Å². The van der Waals surface area contributed by atoms with Crippen LogP contribution >= 0.6 is 0 Å². The Morgan fingerprint density at radius 1 is 1.00 bits per heavy atom. The fraction of sp³-hybridized carbons (Fsp3) is 0.200. The molecule has 174 valence electrons. The topological polar surface area (TPSA) is 77.0 Å². The van der Waals surface area contributed by atoms with E-state index in [0.717, 1.165) is 27.7 Å². The fourth-order valence-corrected chi connectivity index (χ4v) is 3.47. The number of aromatic nitrogens is 3. The molecule has 9 heteroatoms. The Kier molecular flexibility index (Phi) is 6.72. The number of para-hydroxylation sites is 1. The van der Waals surface area contributed by atoms with Crippen molar-refractivity contribution in [1.29, 1.82) is 0 Å². The first-order valence-corrected chi connectivity index (χ1v) is 10.5. The summed E-state index contributed by atoms with van der Waals surface area (Å²) in [5, 5.41) is 3.80. The van der Waals surface area contributed by atoms with Crippen molar-refractivity contribution in [3.63, 3.8) is 0 Å². The molecule has 34 heavy (non-hydrogen) atoms. The summed E-state index contributed by atoms with van der Waals surface area (Å²) in [4.78, 5) is 25.3. The molecule has 0 unspecified atom stereocenters. The zero-order valence-electron chi connectivity index (χ0n) is 18.2. The van der Waals surface area contributed by atoms with Crippen LogP contribution in [0.4, 0.5) is 13.2 Å². The van der Waals surface area contributed by atoms with E-state index in [1.54, 1.807) is 6.92 Å². The van der Waals surface area contributed by atoms with E-state index in [2.05, 4.69) is 25.0 Å². The number of carbonyl (C=O) groups is 1. The molecule has 0 aliphatic rings. The number of pyridine rings is 1. The number of nitrogens with zero attached hydrogens (tertiary/aromatic N) is 3. The molecule has 0 aliphatic heterocycles. The van der Waals surface area contributed by atoms with E-state index in [-0.39, 0.29) is 18.1 Å². The van der Waals surface area contributed by atoms with E-state index in [9.17, 15) is 18.0 Å². The van der Waals surface area contributed by atoms with Gasteiger partial charge in [0.2, 0.25) is 5.91 Å². The third-order valence-electron chi connectivity index (χ3n) is 5.12. The number of ether oxygens (including phenoxy) is 1. The lowest BCUT2D eigenvalue weighted by Gasteiger charge is -2.15. The summed E-state index contributed by atoms with van der Waals surface area (Å²) in [6.45, 7) is 0.367. The second-order valence-corrected chi connectivity index (χ2v) is 7.72. The van der Waals surface area contributed by atoms with E-state index in [1.165, 1.54) is 24.7 Å². The number of alkyl halides is 3. The molecule has 2 aromatic heterocycles. The normalized spacial score (nSPS) is 12.4. The lowest BCUT2D eigenvalue weighted by atomic mass is 10.0. The molecule has 1 amide bonds. The smallest absolute Gasteiger partial charge is 0.422 e. The predicted octanol–water partition coefficient (Wildman–Crippen LogP) is 5.05. The molecule has 0 fully saturated rings. The molecule has 6 nitrogen and oxygen atoms in total. The molecule has 2 aromatic carbocycles. The number of fused-ring (bicyclic) bond motifs is 1. The van der Waals surface area contributed by atoms with Gasteiger partial charge in [-0.1, -0.05) is 42.5 Å². The zero-order chi connectivity index (χ0) is 24.1. The lowest BCUT2D eigenvalue weighted by Crippen LogP contribution is -2.28. The van der Waals surface area contributed by atoms with Gasteiger partial charge in [-0.15, -0.1) is 0 Å². The molecule has 0 bridgehead atoms. The number of halogens is 3. The average molecular weight is 466 g/mol. The number of amides is 1. The third-order valence-corrected chi connectivity index (χ3v) is 5.12. The van der Waals surface area contributed by atoms with Gasteiger partial charge in [-0.2, -0.15) is 13.2 Å². The monoisotopic (exact) mass is 466 g/mol. The molecule has 4 rings (SSSR count). The van der Waals surface area contributed by atoms with Crippen LogP contribution in [0, 0.1) is 0 Å². The zero-order valence-corrected chi connectivity index (χ0v) is 18.2. The van der Waals surface area contributed by atoms with Gasteiger partial charge in [0.25, 0.3) is 0 Å². The number of nitrogens with one attached hydrogen (secondary N) is 1. The first-order valence-electron chi connectivity index (χ1n) is 10.5. The van der Waals surface area contributed by atoms with Crippen molar-refractivity contribution in [2.24, 2.45) is 0 Å². The average Bonchev–Trinajstić information content (AvgIpc) is 2.83. The summed E-state index contributed by atoms with van der Waals surface area (Å²) in [6, 6.07) is 17.8. The van der Waals surface area contributed by atoms with E-state index in [1.807, 2.05) is 48.5 Å². The van der Waals surface area contributed by atoms with Crippen LogP contribution in [0.5, 0.6) is 5.75 Å². The van der Waals surface area contributed by atoms with Crippen molar-refractivity contribution in [3.05, 3.63) is 84.4 Å². The van der Waals surface area contributed by atoms with Crippen LogP contribution in [0.25, 0.3) is 22.2 Å². The van der Waals surface area contributed by atoms with Crippen LogP contribution in [0.15, 0.2) is 73.2 Å². The number of carbonyl (C=O) groups excluding carboxylic acids is 1. The van der Waals surface area contributed by atoms with Crippen LogP contribution in [-0.4, -0.2) is 33.6 Å². The lowest BCUT2D eigenvalue weighted by molar-refractivity contribution is -0.153. The van der Waals surface area contributed by atoms with Gasteiger partial charge in [0.05, 0.1) is 35.6 Å². The van der Waals surface area contributed by atoms with E-state index in [0.29, 0.717) is 5.69 Å². The Hall–Kier alpha value is -4.01. The number of benzene rings is 2. The molecule has 2 heterocycles. The summed E-state index contributed by atoms with van der Waals surface area (Å²) in [5.41, 5.74) is 3.95. The Bertz CT molecular complexity index is 1270. The number of rotatable bonds is 7. The first-order chi connectivity index (χ1) is 16.3. The van der Waals surface area contributed by atoms with Gasteiger partial charge in [-0.25, -0.2) is 9.97 Å². The summed E-state index contributed by atoms with van der Waals surface area (Å²) in [6.07, 6.45) is -1.51. The molecular formula is C25H21F3N4O2. The number of hydrogen-bond acceptors (Lipinski definition) is 5.